The molecule has 63 valence electrons. The third-order valence-corrected chi connectivity index (χ3v) is 1.55. The Balaban J connectivity index is 2.75. The molecule has 0 saturated heterocycles. The maximum absolute atomic E-state index is 11.2. The Kier molecular flexibility index (Phi) is 2.86. The van der Waals surface area contributed by atoms with Crippen LogP contribution in [-0.4, -0.2) is 12.5 Å². The van der Waals surface area contributed by atoms with E-state index in [2.05, 4.69) is 12.2 Å². The molecule has 0 aliphatic carbocycles. The predicted molar refractivity (Wildman–Crippen MR) is 48.9 cm³/mol. The van der Waals surface area contributed by atoms with E-state index in [1.165, 1.54) is 0 Å². The van der Waals surface area contributed by atoms with Crippen molar-refractivity contribution < 1.29 is 4.79 Å². The smallest absolute Gasteiger partial charge is 0.251 e. The second-order valence-corrected chi connectivity index (χ2v) is 2.56. The minimum atomic E-state index is -0.0301. The van der Waals surface area contributed by atoms with Gasteiger partial charge in [-0.2, -0.15) is 0 Å². The van der Waals surface area contributed by atoms with Crippen molar-refractivity contribution in [2.45, 2.75) is 6.92 Å². The van der Waals surface area contributed by atoms with Gasteiger partial charge in [0, 0.05) is 12.1 Å². The molecule has 0 unspecified atom stereocenters. The molecule has 0 saturated carbocycles. The lowest BCUT2D eigenvalue weighted by Crippen LogP contribution is -2.22. The van der Waals surface area contributed by atoms with Crippen LogP contribution in [0.1, 0.15) is 22.8 Å². The zero-order valence-electron chi connectivity index (χ0n) is 7.13. The van der Waals surface area contributed by atoms with Gasteiger partial charge < -0.3 is 5.32 Å². The van der Waals surface area contributed by atoms with Crippen LogP contribution in [0.25, 0.3) is 0 Å². The standard InChI is InChI=1S/C10H12NO/c1-3-11-10(12)9-6-4-8(2)5-7-9/h4-7H,2-3H2,1H3,(H,11,12). The Hall–Kier alpha value is -1.31. The summed E-state index contributed by atoms with van der Waals surface area (Å²) in [5.41, 5.74) is 1.60. The number of carbonyl (C=O) groups excluding carboxylic acids is 1. The molecule has 1 N–H and O–H groups in total. The van der Waals surface area contributed by atoms with E-state index in [0.29, 0.717) is 12.1 Å². The van der Waals surface area contributed by atoms with E-state index in [-0.39, 0.29) is 5.91 Å². The normalized spacial score (nSPS) is 9.50. The van der Waals surface area contributed by atoms with E-state index in [0.717, 1.165) is 5.56 Å². The second kappa shape index (κ2) is 3.90. The van der Waals surface area contributed by atoms with Crippen molar-refractivity contribution >= 4 is 5.91 Å². The predicted octanol–water partition coefficient (Wildman–Crippen LogP) is 1.62. The van der Waals surface area contributed by atoms with Crippen molar-refractivity contribution in [3.05, 3.63) is 42.3 Å². The Morgan fingerprint density at radius 1 is 1.42 bits per heavy atom. The van der Waals surface area contributed by atoms with Crippen LogP contribution in [-0.2, 0) is 0 Å². The molecule has 0 fully saturated rings. The summed E-state index contributed by atoms with van der Waals surface area (Å²) >= 11 is 0. The zero-order chi connectivity index (χ0) is 8.97. The highest BCUT2D eigenvalue weighted by atomic mass is 16.1. The molecular weight excluding hydrogens is 150 g/mol. The number of nitrogens with one attached hydrogen (secondary N) is 1. The van der Waals surface area contributed by atoms with E-state index in [9.17, 15) is 4.79 Å². The topological polar surface area (TPSA) is 29.1 Å². The van der Waals surface area contributed by atoms with Crippen LogP contribution >= 0.6 is 0 Å². The fourth-order valence-corrected chi connectivity index (χ4v) is 0.919. The van der Waals surface area contributed by atoms with Gasteiger partial charge in [0.05, 0.1) is 0 Å². The first-order valence-corrected chi connectivity index (χ1v) is 3.94. The summed E-state index contributed by atoms with van der Waals surface area (Å²) in [7, 11) is 0. The molecule has 0 aliphatic heterocycles. The van der Waals surface area contributed by atoms with E-state index >= 15 is 0 Å². The van der Waals surface area contributed by atoms with Gasteiger partial charge in [-0.15, -0.1) is 0 Å². The van der Waals surface area contributed by atoms with Crippen molar-refractivity contribution in [2.75, 3.05) is 6.54 Å². The first-order chi connectivity index (χ1) is 5.74. The van der Waals surface area contributed by atoms with Crippen LogP contribution in [0, 0.1) is 6.92 Å². The lowest BCUT2D eigenvalue weighted by molar-refractivity contribution is 0.0956. The number of rotatable bonds is 2. The van der Waals surface area contributed by atoms with Gasteiger partial charge in [-0.1, -0.05) is 12.1 Å². The average Bonchev–Trinajstić information content (AvgIpc) is 2.06. The molecule has 12 heavy (non-hydrogen) atoms. The second-order valence-electron chi connectivity index (χ2n) is 2.56. The molecule has 0 atom stereocenters. The highest BCUT2D eigenvalue weighted by molar-refractivity contribution is 5.94. The quantitative estimate of drug-likeness (QED) is 0.703. The number of hydrogen-bond acceptors (Lipinski definition) is 1. The van der Waals surface area contributed by atoms with Gasteiger partial charge in [-0.25, -0.2) is 0 Å². The zero-order valence-corrected chi connectivity index (χ0v) is 7.13. The summed E-state index contributed by atoms with van der Waals surface area (Å²) in [6.07, 6.45) is 0. The maximum Gasteiger partial charge on any atom is 0.251 e. The van der Waals surface area contributed by atoms with Crippen LogP contribution < -0.4 is 5.32 Å². The molecule has 1 rings (SSSR count). The number of amides is 1. The largest absolute Gasteiger partial charge is 0.352 e. The van der Waals surface area contributed by atoms with Crippen LogP contribution in [0.15, 0.2) is 24.3 Å². The summed E-state index contributed by atoms with van der Waals surface area (Å²) in [5, 5.41) is 2.72. The Bertz CT molecular complexity index is 264. The van der Waals surface area contributed by atoms with E-state index < -0.39 is 0 Å². The van der Waals surface area contributed by atoms with Crippen molar-refractivity contribution in [2.24, 2.45) is 0 Å². The Morgan fingerprint density at radius 2 is 2.00 bits per heavy atom. The van der Waals surface area contributed by atoms with Crippen LogP contribution in [0.3, 0.4) is 0 Å². The molecule has 2 heteroatoms. The minimum absolute atomic E-state index is 0.0301. The number of benzene rings is 1. The van der Waals surface area contributed by atoms with E-state index in [1.54, 1.807) is 12.1 Å². The first-order valence-electron chi connectivity index (χ1n) is 3.94. The van der Waals surface area contributed by atoms with Crippen molar-refractivity contribution in [1.29, 1.82) is 0 Å². The third kappa shape index (κ3) is 2.09. The van der Waals surface area contributed by atoms with Gasteiger partial charge >= 0.3 is 0 Å². The molecule has 0 bridgehead atoms. The molecule has 0 spiro atoms. The van der Waals surface area contributed by atoms with Crippen LogP contribution in [0.5, 0.6) is 0 Å². The van der Waals surface area contributed by atoms with Gasteiger partial charge in [-0.05, 0) is 31.5 Å². The molecular formula is C10H12NO. The average molecular weight is 162 g/mol. The SMILES string of the molecule is [CH2]c1ccc(C(=O)NCC)cc1. The summed E-state index contributed by atoms with van der Waals surface area (Å²) in [6, 6.07) is 7.19. The summed E-state index contributed by atoms with van der Waals surface area (Å²) in [4.78, 5) is 11.2. The molecule has 0 aromatic heterocycles. The summed E-state index contributed by atoms with van der Waals surface area (Å²) < 4.78 is 0. The monoisotopic (exact) mass is 162 g/mol. The minimum Gasteiger partial charge on any atom is -0.352 e. The van der Waals surface area contributed by atoms with E-state index in [1.807, 2.05) is 19.1 Å². The van der Waals surface area contributed by atoms with Crippen molar-refractivity contribution in [3.8, 4) is 0 Å². The van der Waals surface area contributed by atoms with Gasteiger partial charge in [0.15, 0.2) is 0 Å². The molecule has 2 nitrogen and oxygen atoms in total. The fourth-order valence-electron chi connectivity index (χ4n) is 0.919. The van der Waals surface area contributed by atoms with Gasteiger partial charge in [0.25, 0.3) is 5.91 Å². The first kappa shape index (κ1) is 8.78. The molecule has 1 aromatic carbocycles. The lowest BCUT2D eigenvalue weighted by atomic mass is 10.1. The molecule has 1 aromatic rings. The summed E-state index contributed by atoms with van der Waals surface area (Å²) in [5.74, 6) is -0.0301. The number of hydrogen-bond donors (Lipinski definition) is 1. The Labute approximate surface area is 72.6 Å². The number of carbonyl (C=O) groups is 1. The molecule has 0 aliphatic rings. The highest BCUT2D eigenvalue weighted by Crippen LogP contribution is 2.02. The van der Waals surface area contributed by atoms with Gasteiger partial charge in [0.2, 0.25) is 0 Å². The summed E-state index contributed by atoms with van der Waals surface area (Å²) in [6.45, 7) is 6.29. The van der Waals surface area contributed by atoms with Gasteiger partial charge in [0.1, 0.15) is 0 Å². The maximum atomic E-state index is 11.2. The lowest BCUT2D eigenvalue weighted by Gasteiger charge is -2.01. The van der Waals surface area contributed by atoms with E-state index in [4.69, 9.17) is 0 Å². The van der Waals surface area contributed by atoms with Crippen molar-refractivity contribution in [1.82, 2.24) is 5.32 Å². The highest BCUT2D eigenvalue weighted by Gasteiger charge is 2.01. The molecule has 0 heterocycles. The third-order valence-electron chi connectivity index (χ3n) is 1.55. The Morgan fingerprint density at radius 3 is 2.50 bits per heavy atom. The molecule has 1 radical (unpaired) electrons. The molecule has 1 amide bonds. The van der Waals surface area contributed by atoms with Crippen LogP contribution in [0.4, 0.5) is 0 Å². The van der Waals surface area contributed by atoms with Gasteiger partial charge in [-0.3, -0.25) is 4.79 Å². The van der Waals surface area contributed by atoms with Crippen molar-refractivity contribution in [3.63, 3.8) is 0 Å². The fraction of sp³-hybridized carbons (Fsp3) is 0.200. The van der Waals surface area contributed by atoms with Crippen LogP contribution in [0.2, 0.25) is 0 Å².